The molecule has 1 aliphatic rings. The van der Waals surface area contributed by atoms with Crippen molar-refractivity contribution >= 4 is 35.5 Å². The molecule has 1 aliphatic heterocycles. The maximum absolute atomic E-state index is 14.1. The lowest BCUT2D eigenvalue weighted by Crippen LogP contribution is -2.35. The van der Waals surface area contributed by atoms with Crippen molar-refractivity contribution in [1.29, 1.82) is 0 Å². The molecule has 2 heterocycles. The van der Waals surface area contributed by atoms with E-state index in [0.717, 1.165) is 30.1 Å². The summed E-state index contributed by atoms with van der Waals surface area (Å²) < 4.78 is 40.9. The molecular weight excluding hydrogens is 562 g/mol. The average Bonchev–Trinajstić information content (AvgIpc) is 3.37. The highest BCUT2D eigenvalue weighted by molar-refractivity contribution is 7.92. The van der Waals surface area contributed by atoms with Crippen molar-refractivity contribution in [3.63, 3.8) is 0 Å². The maximum Gasteiger partial charge on any atom is 0.267 e. The van der Waals surface area contributed by atoms with Gasteiger partial charge < -0.3 is 9.26 Å². The Kier molecular flexibility index (Phi) is 9.21. The maximum atomic E-state index is 14.1. The number of rotatable bonds is 10. The van der Waals surface area contributed by atoms with Gasteiger partial charge in [0.2, 0.25) is 0 Å². The molecule has 1 atom stereocenters. The van der Waals surface area contributed by atoms with Crippen molar-refractivity contribution < 1.29 is 17.7 Å². The monoisotopic (exact) mass is 603 g/mol. The summed E-state index contributed by atoms with van der Waals surface area (Å²) in [5.41, 5.74) is 3.01. The fraction of sp³-hybridized carbons (Fsp3) is 0.500. The SMILES string of the molecule is C[C@H](c1cccc(Cl)c1)N1CCc2ccc(S(=O)(=O)N(COCC[Si](C)(C)C)c3cc(C(C)(C)C)on3)cc2C1. The highest BCUT2D eigenvalue weighted by Crippen LogP contribution is 2.33. The molecule has 218 valence electrons. The van der Waals surface area contributed by atoms with Crippen LogP contribution in [0.5, 0.6) is 0 Å². The molecule has 10 heteroatoms. The quantitative estimate of drug-likeness (QED) is 0.138. The van der Waals surface area contributed by atoms with E-state index in [1.54, 1.807) is 18.2 Å². The van der Waals surface area contributed by atoms with Crippen LogP contribution < -0.4 is 4.31 Å². The molecule has 0 saturated heterocycles. The smallest absolute Gasteiger partial charge is 0.267 e. The van der Waals surface area contributed by atoms with Crippen molar-refractivity contribution in [3.05, 3.63) is 76.0 Å². The van der Waals surface area contributed by atoms with Crippen LogP contribution in [0, 0.1) is 0 Å². The number of nitrogens with zero attached hydrogens (tertiary/aromatic N) is 3. The van der Waals surface area contributed by atoms with Crippen LogP contribution in [0.4, 0.5) is 5.82 Å². The minimum atomic E-state index is -3.97. The normalized spacial score (nSPS) is 15.6. The number of aromatic nitrogens is 1. The predicted octanol–water partition coefficient (Wildman–Crippen LogP) is 7.25. The topological polar surface area (TPSA) is 75.9 Å². The number of sulfonamides is 1. The Morgan fingerprint density at radius 1 is 1.12 bits per heavy atom. The van der Waals surface area contributed by atoms with Crippen molar-refractivity contribution in [2.24, 2.45) is 0 Å². The van der Waals surface area contributed by atoms with Crippen molar-refractivity contribution in [2.75, 3.05) is 24.2 Å². The van der Waals surface area contributed by atoms with Gasteiger partial charge in [0.05, 0.1) is 4.90 Å². The summed E-state index contributed by atoms with van der Waals surface area (Å²) in [5.74, 6) is 0.840. The van der Waals surface area contributed by atoms with Crippen molar-refractivity contribution in [2.45, 2.75) is 82.7 Å². The van der Waals surface area contributed by atoms with Crippen LogP contribution in [0.15, 0.2) is 57.9 Å². The Labute approximate surface area is 245 Å². The van der Waals surface area contributed by atoms with E-state index in [1.165, 1.54) is 9.87 Å². The Morgan fingerprint density at radius 2 is 1.88 bits per heavy atom. The number of ether oxygens (including phenoxy) is 1. The number of hydrogen-bond donors (Lipinski definition) is 0. The fourth-order valence-corrected chi connectivity index (χ4v) is 6.96. The fourth-order valence-electron chi connectivity index (χ4n) is 4.67. The van der Waals surface area contributed by atoms with Crippen LogP contribution >= 0.6 is 11.6 Å². The largest absolute Gasteiger partial charge is 0.360 e. The molecule has 4 rings (SSSR count). The van der Waals surface area contributed by atoms with Gasteiger partial charge in [0.15, 0.2) is 5.82 Å². The summed E-state index contributed by atoms with van der Waals surface area (Å²) >= 11 is 6.24. The van der Waals surface area contributed by atoms with Gasteiger partial charge in [-0.1, -0.05) is 75.4 Å². The lowest BCUT2D eigenvalue weighted by Gasteiger charge is -2.34. The Bertz CT molecular complexity index is 1430. The second-order valence-electron chi connectivity index (χ2n) is 12.9. The first-order valence-electron chi connectivity index (χ1n) is 13.8. The second kappa shape index (κ2) is 12.0. The van der Waals surface area contributed by atoms with Crippen molar-refractivity contribution in [1.82, 2.24) is 10.1 Å². The first kappa shape index (κ1) is 30.8. The molecule has 40 heavy (non-hydrogen) atoms. The summed E-state index contributed by atoms with van der Waals surface area (Å²) in [6.45, 7) is 16.9. The lowest BCUT2D eigenvalue weighted by molar-refractivity contribution is 0.155. The van der Waals surface area contributed by atoms with E-state index < -0.39 is 18.1 Å². The summed E-state index contributed by atoms with van der Waals surface area (Å²) in [6, 6.07) is 16.1. The summed E-state index contributed by atoms with van der Waals surface area (Å²) in [5, 5.41) is 4.86. The molecule has 3 aromatic rings. The molecule has 0 N–H and O–H groups in total. The molecule has 0 fully saturated rings. The van der Waals surface area contributed by atoms with E-state index >= 15 is 0 Å². The van der Waals surface area contributed by atoms with Crippen LogP contribution in [-0.2, 0) is 33.1 Å². The number of anilines is 1. The number of hydrogen-bond acceptors (Lipinski definition) is 6. The first-order valence-corrected chi connectivity index (χ1v) is 19.4. The minimum absolute atomic E-state index is 0.127. The molecule has 0 aliphatic carbocycles. The van der Waals surface area contributed by atoms with E-state index in [9.17, 15) is 8.42 Å². The first-order chi connectivity index (χ1) is 18.6. The Hall–Kier alpha value is -2.17. The van der Waals surface area contributed by atoms with Crippen LogP contribution in [0.2, 0.25) is 30.7 Å². The molecule has 0 amide bonds. The van der Waals surface area contributed by atoms with Gasteiger partial charge in [-0.2, -0.15) is 0 Å². The van der Waals surface area contributed by atoms with E-state index in [0.29, 0.717) is 23.9 Å². The Morgan fingerprint density at radius 3 is 2.52 bits per heavy atom. The summed E-state index contributed by atoms with van der Waals surface area (Å²) in [4.78, 5) is 2.58. The highest BCUT2D eigenvalue weighted by atomic mass is 35.5. The van der Waals surface area contributed by atoms with Gasteiger partial charge in [-0.25, -0.2) is 12.7 Å². The van der Waals surface area contributed by atoms with Gasteiger partial charge >= 0.3 is 0 Å². The molecule has 2 aromatic carbocycles. The third-order valence-corrected chi connectivity index (χ3v) is 11.0. The highest BCUT2D eigenvalue weighted by Gasteiger charge is 2.32. The minimum Gasteiger partial charge on any atom is -0.360 e. The molecular formula is C30H42ClN3O4SSi. The zero-order chi connectivity index (χ0) is 29.3. The van der Waals surface area contributed by atoms with E-state index in [4.69, 9.17) is 20.9 Å². The van der Waals surface area contributed by atoms with Gasteiger partial charge in [-0.3, -0.25) is 4.90 Å². The van der Waals surface area contributed by atoms with E-state index in [1.807, 2.05) is 45.0 Å². The van der Waals surface area contributed by atoms with Crippen LogP contribution in [0.1, 0.15) is 56.2 Å². The standard InChI is InChI=1S/C30H42ClN3O4SSi/c1-22(24-9-8-10-26(31)17-24)33-14-13-23-11-12-27(18-25(23)20-33)39(35,36)34(21-37-15-16-40(5,6)7)29-19-28(38-32-29)30(2,3)4/h8-12,17-19,22H,13-16,20-21H2,1-7H3/t22-/m1/s1. The zero-order valence-electron chi connectivity index (χ0n) is 24.7. The molecule has 0 radical (unpaired) electrons. The van der Waals surface area contributed by atoms with Crippen molar-refractivity contribution in [3.8, 4) is 0 Å². The summed E-state index contributed by atoms with van der Waals surface area (Å²) in [6.07, 6.45) is 0.850. The molecule has 0 bridgehead atoms. The third-order valence-electron chi connectivity index (χ3n) is 7.38. The second-order valence-corrected chi connectivity index (χ2v) is 20.8. The van der Waals surface area contributed by atoms with Gasteiger partial charge in [0.1, 0.15) is 12.5 Å². The predicted molar refractivity (Wildman–Crippen MR) is 164 cm³/mol. The molecule has 7 nitrogen and oxygen atoms in total. The number of benzene rings is 2. The van der Waals surface area contributed by atoms with E-state index in [2.05, 4.69) is 42.7 Å². The molecule has 1 aromatic heterocycles. The Balaban J connectivity index is 1.61. The van der Waals surface area contributed by atoms with Gasteiger partial charge in [-0.05, 0) is 60.3 Å². The number of fused-ring (bicyclic) bond motifs is 1. The van der Waals surface area contributed by atoms with E-state index in [-0.39, 0.29) is 28.9 Å². The lowest BCUT2D eigenvalue weighted by atomic mass is 9.93. The van der Waals surface area contributed by atoms with Gasteiger partial charge in [0, 0.05) is 50.3 Å². The summed E-state index contributed by atoms with van der Waals surface area (Å²) in [7, 11) is -5.31. The van der Waals surface area contributed by atoms with Gasteiger partial charge in [0.25, 0.3) is 10.0 Å². The molecule has 0 spiro atoms. The average molecular weight is 604 g/mol. The van der Waals surface area contributed by atoms with Crippen LogP contribution in [0.3, 0.4) is 0 Å². The van der Waals surface area contributed by atoms with Gasteiger partial charge in [-0.15, -0.1) is 0 Å². The molecule has 0 unspecified atom stereocenters. The zero-order valence-corrected chi connectivity index (χ0v) is 27.3. The van der Waals surface area contributed by atoms with Crippen LogP contribution in [-0.4, -0.2) is 46.4 Å². The third kappa shape index (κ3) is 7.36. The van der Waals surface area contributed by atoms with Crippen LogP contribution in [0.25, 0.3) is 0 Å². The number of halogens is 1. The molecule has 0 saturated carbocycles.